The van der Waals surface area contributed by atoms with E-state index in [0.29, 0.717) is 52.2 Å². The van der Waals surface area contributed by atoms with Gasteiger partial charge in [-0.05, 0) is 41.5 Å². The Morgan fingerprint density at radius 1 is 1.12 bits per heavy atom. The fourth-order valence-electron chi connectivity index (χ4n) is 4.65. The van der Waals surface area contributed by atoms with Crippen molar-refractivity contribution in [2.45, 2.75) is 25.6 Å². The summed E-state index contributed by atoms with van der Waals surface area (Å²) in [6, 6.07) is 13.7. The van der Waals surface area contributed by atoms with Gasteiger partial charge in [0.25, 0.3) is 5.91 Å². The molecule has 2 aromatic heterocycles. The van der Waals surface area contributed by atoms with E-state index in [1.54, 1.807) is 30.3 Å². The number of halogens is 3. The van der Waals surface area contributed by atoms with E-state index in [4.69, 9.17) is 5.73 Å². The highest BCUT2D eigenvalue weighted by Gasteiger charge is 2.30. The maximum Gasteiger partial charge on any atom is 0.416 e. The summed E-state index contributed by atoms with van der Waals surface area (Å²) in [6.45, 7) is 0.535. The van der Waals surface area contributed by atoms with Gasteiger partial charge in [-0.25, -0.2) is 9.97 Å². The third-order valence-electron chi connectivity index (χ3n) is 6.68. The molecule has 0 saturated carbocycles. The van der Waals surface area contributed by atoms with Crippen LogP contribution >= 0.6 is 0 Å². The number of nitrogens with zero attached hydrogens (tertiary/aromatic N) is 3. The Morgan fingerprint density at radius 3 is 2.68 bits per heavy atom. The smallest absolute Gasteiger partial charge is 0.368 e. The first-order valence-corrected chi connectivity index (χ1v) is 12.7. The maximum absolute atomic E-state index is 12.9. The molecular weight excluding hydrogens is 533 g/mol. The Kier molecular flexibility index (Phi) is 7.48. The first-order valence-electron chi connectivity index (χ1n) is 12.7. The maximum atomic E-state index is 12.9. The van der Waals surface area contributed by atoms with Gasteiger partial charge < -0.3 is 20.9 Å². The number of benzene rings is 2. The number of nitrogens with one attached hydrogen (secondary N) is 2. The third kappa shape index (κ3) is 6.22. The number of hydrogen-bond acceptors (Lipinski definition) is 5. The van der Waals surface area contributed by atoms with E-state index in [9.17, 15) is 22.8 Å². The van der Waals surface area contributed by atoms with Crippen molar-refractivity contribution in [2.75, 3.05) is 12.3 Å². The average Bonchev–Trinajstić information content (AvgIpc) is 3.28. The molecule has 41 heavy (non-hydrogen) atoms. The van der Waals surface area contributed by atoms with Gasteiger partial charge >= 0.3 is 6.18 Å². The van der Waals surface area contributed by atoms with Crippen LogP contribution in [-0.4, -0.2) is 32.9 Å². The molecular formula is C30H25F3N6O2. The predicted octanol–water partition coefficient (Wildman–Crippen LogP) is 3.63. The molecule has 0 bridgehead atoms. The van der Waals surface area contributed by atoms with E-state index < -0.39 is 11.7 Å². The lowest BCUT2D eigenvalue weighted by atomic mass is 10.1. The topological polar surface area (TPSA) is 115 Å². The highest BCUT2D eigenvalue weighted by molar-refractivity contribution is 5.98. The summed E-state index contributed by atoms with van der Waals surface area (Å²) in [5.74, 6) is 5.76. The fraction of sp³-hybridized carbons (Fsp3) is 0.200. The summed E-state index contributed by atoms with van der Waals surface area (Å²) < 4.78 is 40.7. The van der Waals surface area contributed by atoms with Crippen LogP contribution < -0.4 is 16.4 Å². The molecule has 2 aromatic carbocycles. The van der Waals surface area contributed by atoms with Crippen molar-refractivity contribution in [3.63, 3.8) is 0 Å². The van der Waals surface area contributed by atoms with Gasteiger partial charge in [0.05, 0.1) is 28.8 Å². The highest BCUT2D eigenvalue weighted by atomic mass is 19.4. The second kappa shape index (κ2) is 11.2. The summed E-state index contributed by atoms with van der Waals surface area (Å²) in [4.78, 5) is 33.3. The van der Waals surface area contributed by atoms with Crippen LogP contribution in [0.3, 0.4) is 0 Å². The van der Waals surface area contributed by atoms with Gasteiger partial charge in [-0.2, -0.15) is 13.2 Å². The van der Waals surface area contributed by atoms with Crippen LogP contribution in [0, 0.1) is 11.8 Å². The lowest BCUT2D eigenvalue weighted by Crippen LogP contribution is -2.31. The van der Waals surface area contributed by atoms with Crippen molar-refractivity contribution in [1.29, 1.82) is 0 Å². The van der Waals surface area contributed by atoms with Gasteiger partial charge in [0.2, 0.25) is 11.9 Å². The zero-order valence-electron chi connectivity index (χ0n) is 22.0. The second-order valence-corrected chi connectivity index (χ2v) is 9.55. The summed E-state index contributed by atoms with van der Waals surface area (Å²) in [6.07, 6.45) is -2.19. The molecule has 4 N–H and O–H groups in total. The number of rotatable bonds is 5. The number of hydrogen-bond donors (Lipinski definition) is 3. The molecule has 1 aliphatic heterocycles. The van der Waals surface area contributed by atoms with Crippen LogP contribution in [0.15, 0.2) is 60.8 Å². The molecule has 0 unspecified atom stereocenters. The summed E-state index contributed by atoms with van der Waals surface area (Å²) in [5.41, 5.74) is 10.00. The van der Waals surface area contributed by atoms with E-state index in [0.717, 1.165) is 17.8 Å². The van der Waals surface area contributed by atoms with E-state index in [2.05, 4.69) is 32.4 Å². The van der Waals surface area contributed by atoms with Gasteiger partial charge in [-0.3, -0.25) is 9.59 Å². The Hall–Kier alpha value is -5.11. The monoisotopic (exact) mass is 558 g/mol. The molecule has 5 rings (SSSR count). The van der Waals surface area contributed by atoms with Gasteiger partial charge in [0, 0.05) is 44.0 Å². The number of anilines is 1. The van der Waals surface area contributed by atoms with Crippen LogP contribution in [-0.2, 0) is 37.4 Å². The van der Waals surface area contributed by atoms with Crippen LogP contribution in [0.2, 0.25) is 0 Å². The van der Waals surface area contributed by atoms with Crippen molar-refractivity contribution in [2.24, 2.45) is 7.05 Å². The van der Waals surface area contributed by atoms with E-state index in [1.165, 1.54) is 18.3 Å². The number of nitrogen functional groups attached to an aromatic ring is 1. The summed E-state index contributed by atoms with van der Waals surface area (Å²) >= 11 is 0. The van der Waals surface area contributed by atoms with Crippen LogP contribution in [0.4, 0.5) is 19.1 Å². The third-order valence-corrected chi connectivity index (χ3v) is 6.68. The number of carbonyl (C=O) groups is 2. The minimum Gasteiger partial charge on any atom is -0.368 e. The van der Waals surface area contributed by atoms with Crippen molar-refractivity contribution in [3.8, 4) is 23.2 Å². The van der Waals surface area contributed by atoms with E-state index in [1.807, 2.05) is 11.6 Å². The zero-order valence-corrected chi connectivity index (χ0v) is 22.0. The number of alkyl halides is 3. The standard InChI is InChI=1S/C30H25F3N6O2/c1-39-24-10-11-35-28(41)23(24)15-25(39)27-21(17-37-29(34)38-27)9-8-18-4-2-5-19(12-18)14-26(40)36-16-20-6-3-7-22(13-20)30(31,32)33/h2-7,12-13,15,17H,10-11,14,16H2,1H3,(H,35,41)(H,36,40)(H2,34,37,38). The summed E-state index contributed by atoms with van der Waals surface area (Å²) in [5, 5.41) is 5.50. The molecule has 0 atom stereocenters. The molecule has 0 spiro atoms. The van der Waals surface area contributed by atoms with Crippen molar-refractivity contribution < 1.29 is 22.8 Å². The molecule has 3 heterocycles. The second-order valence-electron chi connectivity index (χ2n) is 9.55. The minimum atomic E-state index is -4.45. The Bertz CT molecular complexity index is 1720. The largest absolute Gasteiger partial charge is 0.416 e. The van der Waals surface area contributed by atoms with Crippen molar-refractivity contribution >= 4 is 17.8 Å². The van der Waals surface area contributed by atoms with Gasteiger partial charge in [0.1, 0.15) is 5.69 Å². The molecule has 2 amide bonds. The zero-order chi connectivity index (χ0) is 29.1. The van der Waals surface area contributed by atoms with E-state index in [-0.39, 0.29) is 30.7 Å². The molecule has 0 saturated heterocycles. The average molecular weight is 559 g/mol. The molecule has 208 valence electrons. The van der Waals surface area contributed by atoms with E-state index >= 15 is 0 Å². The lowest BCUT2D eigenvalue weighted by molar-refractivity contribution is -0.137. The molecule has 0 radical (unpaired) electrons. The quantitative estimate of drug-likeness (QED) is 0.324. The number of carbonyl (C=O) groups excluding carboxylic acids is 2. The minimum absolute atomic E-state index is 0.0214. The molecule has 1 aliphatic rings. The van der Waals surface area contributed by atoms with Gasteiger partial charge in [0.15, 0.2) is 0 Å². The van der Waals surface area contributed by atoms with Gasteiger partial charge in [-0.15, -0.1) is 0 Å². The summed E-state index contributed by atoms with van der Waals surface area (Å²) in [7, 11) is 1.86. The van der Waals surface area contributed by atoms with Crippen LogP contribution in [0.5, 0.6) is 0 Å². The number of aromatic nitrogens is 3. The Labute approximate surface area is 233 Å². The number of nitrogens with two attached hydrogens (primary N) is 1. The van der Waals surface area contributed by atoms with Crippen molar-refractivity contribution in [3.05, 3.63) is 99.9 Å². The fourth-order valence-corrected chi connectivity index (χ4v) is 4.65. The van der Waals surface area contributed by atoms with Crippen molar-refractivity contribution in [1.82, 2.24) is 25.2 Å². The number of fused-ring (bicyclic) bond motifs is 1. The highest BCUT2D eigenvalue weighted by Crippen LogP contribution is 2.30. The van der Waals surface area contributed by atoms with Crippen LogP contribution in [0.25, 0.3) is 11.4 Å². The molecule has 0 aliphatic carbocycles. The molecule has 4 aromatic rings. The van der Waals surface area contributed by atoms with Crippen LogP contribution in [0.1, 0.15) is 43.9 Å². The Morgan fingerprint density at radius 2 is 1.90 bits per heavy atom. The Balaban J connectivity index is 1.32. The van der Waals surface area contributed by atoms with Gasteiger partial charge in [-0.1, -0.05) is 36.1 Å². The lowest BCUT2D eigenvalue weighted by Gasteiger charge is -2.14. The molecule has 8 nitrogen and oxygen atoms in total. The predicted molar refractivity (Wildman–Crippen MR) is 146 cm³/mol. The molecule has 11 heteroatoms. The number of amides is 2. The molecule has 0 fully saturated rings. The first kappa shape index (κ1) is 27.5. The SMILES string of the molecule is Cn1c(-c2nc(N)ncc2C#Cc2cccc(CC(=O)NCc3cccc(C(F)(F)F)c3)c2)cc2c1CCNC2=O. The normalized spacial score (nSPS) is 12.6. The first-order chi connectivity index (χ1) is 19.6.